The summed E-state index contributed by atoms with van der Waals surface area (Å²) in [5.74, 6) is 0.540. The van der Waals surface area contributed by atoms with E-state index in [9.17, 15) is 4.79 Å². The van der Waals surface area contributed by atoms with Crippen LogP contribution in [0.1, 0.15) is 32.1 Å². The van der Waals surface area contributed by atoms with E-state index in [0.29, 0.717) is 19.2 Å². The van der Waals surface area contributed by atoms with Crippen molar-refractivity contribution >= 4 is 17.7 Å². The number of fused-ring (bicyclic) bond motifs is 1. The first-order valence-corrected chi connectivity index (χ1v) is 12.2. The van der Waals surface area contributed by atoms with Gasteiger partial charge in [0.2, 0.25) is 5.95 Å². The molecule has 9 nitrogen and oxygen atoms in total. The van der Waals surface area contributed by atoms with E-state index in [2.05, 4.69) is 50.1 Å². The molecule has 0 radical (unpaired) electrons. The molecule has 0 bridgehead atoms. The van der Waals surface area contributed by atoms with Gasteiger partial charge in [-0.1, -0.05) is 31.4 Å². The number of urea groups is 1. The van der Waals surface area contributed by atoms with Crippen molar-refractivity contribution in [3.8, 4) is 11.3 Å². The van der Waals surface area contributed by atoms with E-state index >= 15 is 0 Å². The lowest BCUT2D eigenvalue weighted by atomic mass is 9.96. The Morgan fingerprint density at radius 1 is 0.941 bits per heavy atom. The van der Waals surface area contributed by atoms with Crippen LogP contribution in [0, 0.1) is 0 Å². The Morgan fingerprint density at radius 3 is 2.38 bits per heavy atom. The number of rotatable bonds is 6. The highest BCUT2D eigenvalue weighted by Crippen LogP contribution is 2.29. The quantitative estimate of drug-likeness (QED) is 0.602. The van der Waals surface area contributed by atoms with Gasteiger partial charge in [0.25, 0.3) is 0 Å². The minimum atomic E-state index is -0.184. The molecule has 0 spiro atoms. The number of carbonyl (C=O) groups excluding carboxylic acids is 1. The molecule has 3 fully saturated rings. The van der Waals surface area contributed by atoms with Gasteiger partial charge in [-0.3, -0.25) is 0 Å². The molecule has 3 aliphatic rings. The Bertz CT molecular complexity index is 979. The Morgan fingerprint density at radius 2 is 1.65 bits per heavy atom. The highest BCUT2D eigenvalue weighted by molar-refractivity contribution is 5.74. The van der Waals surface area contributed by atoms with Gasteiger partial charge in [-0.15, -0.1) is 0 Å². The Balaban J connectivity index is 1.17. The number of anilines is 2. The molecule has 2 amide bonds. The second-order valence-electron chi connectivity index (χ2n) is 9.61. The number of carbonyl (C=O) groups is 1. The second kappa shape index (κ2) is 10.1. The van der Waals surface area contributed by atoms with E-state index in [-0.39, 0.29) is 36.4 Å². The maximum atomic E-state index is 12.5. The molecule has 3 heterocycles. The number of aromatic nitrogens is 2. The fraction of sp³-hybridized carbons (Fsp3) is 0.560. The highest BCUT2D eigenvalue weighted by atomic mass is 16.6. The smallest absolute Gasteiger partial charge is 0.315 e. The largest absolute Gasteiger partial charge is 0.378 e. The summed E-state index contributed by atoms with van der Waals surface area (Å²) < 4.78 is 12.1. The molecular formula is C25H34N6O3. The van der Waals surface area contributed by atoms with Gasteiger partial charge in [0.15, 0.2) is 0 Å². The molecule has 3 N–H and O–H groups in total. The van der Waals surface area contributed by atoms with E-state index in [0.717, 1.165) is 29.8 Å². The molecule has 1 aromatic carbocycles. The molecule has 2 aliphatic heterocycles. The topological polar surface area (TPSA) is 101 Å². The van der Waals surface area contributed by atoms with Crippen LogP contribution in [0.5, 0.6) is 0 Å². The minimum Gasteiger partial charge on any atom is -0.378 e. The maximum absolute atomic E-state index is 12.5. The summed E-state index contributed by atoms with van der Waals surface area (Å²) >= 11 is 0. The molecule has 2 saturated heterocycles. The average molecular weight is 467 g/mol. The number of nitrogens with zero attached hydrogens (tertiary/aromatic N) is 3. The zero-order valence-corrected chi connectivity index (χ0v) is 19.9. The predicted molar refractivity (Wildman–Crippen MR) is 131 cm³/mol. The summed E-state index contributed by atoms with van der Waals surface area (Å²) in [5, 5.41) is 9.55. The molecule has 34 heavy (non-hydrogen) atoms. The number of benzene rings is 1. The first kappa shape index (κ1) is 22.9. The molecule has 1 aromatic heterocycles. The molecule has 9 heteroatoms. The van der Waals surface area contributed by atoms with Crippen molar-refractivity contribution in [3.63, 3.8) is 0 Å². The molecule has 2 aromatic rings. The van der Waals surface area contributed by atoms with E-state index < -0.39 is 0 Å². The van der Waals surface area contributed by atoms with Crippen LogP contribution in [0.25, 0.3) is 11.3 Å². The lowest BCUT2D eigenvalue weighted by Crippen LogP contribution is -2.51. The van der Waals surface area contributed by atoms with Gasteiger partial charge in [0.05, 0.1) is 31.0 Å². The summed E-state index contributed by atoms with van der Waals surface area (Å²) in [4.78, 5) is 23.7. The third kappa shape index (κ3) is 5.10. The normalized spacial score (nSPS) is 26.6. The maximum Gasteiger partial charge on any atom is 0.315 e. The van der Waals surface area contributed by atoms with Crippen molar-refractivity contribution < 1.29 is 14.3 Å². The molecular weight excluding hydrogens is 432 g/mol. The van der Waals surface area contributed by atoms with Crippen LogP contribution in [-0.2, 0) is 9.47 Å². The third-order valence-electron chi connectivity index (χ3n) is 6.96. The van der Waals surface area contributed by atoms with Crippen molar-refractivity contribution in [1.29, 1.82) is 0 Å². The molecule has 1 saturated carbocycles. The van der Waals surface area contributed by atoms with Gasteiger partial charge in [-0.25, -0.2) is 14.8 Å². The van der Waals surface area contributed by atoms with Gasteiger partial charge < -0.3 is 30.3 Å². The number of hydrogen-bond acceptors (Lipinski definition) is 7. The van der Waals surface area contributed by atoms with Crippen LogP contribution in [0.2, 0.25) is 0 Å². The zero-order chi connectivity index (χ0) is 23.5. The summed E-state index contributed by atoms with van der Waals surface area (Å²) in [7, 11) is 4.04. The van der Waals surface area contributed by atoms with Crippen LogP contribution in [-0.4, -0.2) is 73.6 Å². The Labute approximate surface area is 200 Å². The van der Waals surface area contributed by atoms with Gasteiger partial charge in [0, 0.05) is 37.6 Å². The summed E-state index contributed by atoms with van der Waals surface area (Å²) in [6.07, 6.45) is 7.16. The summed E-state index contributed by atoms with van der Waals surface area (Å²) in [6.45, 7) is 0.910. The number of nitrogens with one attached hydrogen (secondary N) is 3. The number of amides is 2. The fourth-order valence-electron chi connectivity index (χ4n) is 5.07. The van der Waals surface area contributed by atoms with Crippen molar-refractivity contribution in [2.75, 3.05) is 37.5 Å². The molecule has 1 aliphatic carbocycles. The molecule has 0 unspecified atom stereocenters. The molecule has 5 rings (SSSR count). The van der Waals surface area contributed by atoms with E-state index in [1.165, 1.54) is 19.3 Å². The zero-order valence-electron chi connectivity index (χ0n) is 19.9. The first-order valence-electron chi connectivity index (χ1n) is 12.2. The lowest BCUT2D eigenvalue weighted by Gasteiger charge is -2.24. The Kier molecular flexibility index (Phi) is 6.82. The predicted octanol–water partition coefficient (Wildman–Crippen LogP) is 2.79. The van der Waals surface area contributed by atoms with E-state index in [1.54, 1.807) is 6.20 Å². The monoisotopic (exact) mass is 466 g/mol. The van der Waals surface area contributed by atoms with Crippen LogP contribution in [0.15, 0.2) is 36.5 Å². The lowest BCUT2D eigenvalue weighted by molar-refractivity contribution is 0.0681. The van der Waals surface area contributed by atoms with E-state index in [4.69, 9.17) is 14.5 Å². The van der Waals surface area contributed by atoms with Crippen LogP contribution in [0.3, 0.4) is 0 Å². The van der Waals surface area contributed by atoms with Gasteiger partial charge >= 0.3 is 6.03 Å². The van der Waals surface area contributed by atoms with Crippen LogP contribution in [0.4, 0.5) is 16.4 Å². The minimum absolute atomic E-state index is 0.0791. The highest BCUT2D eigenvalue weighted by Gasteiger charge is 2.48. The van der Waals surface area contributed by atoms with Crippen LogP contribution >= 0.6 is 0 Å². The van der Waals surface area contributed by atoms with E-state index in [1.807, 2.05) is 20.2 Å². The fourth-order valence-corrected chi connectivity index (χ4v) is 5.07. The van der Waals surface area contributed by atoms with Gasteiger partial charge in [-0.2, -0.15) is 0 Å². The van der Waals surface area contributed by atoms with Gasteiger partial charge in [0.1, 0.15) is 12.2 Å². The molecule has 4 atom stereocenters. The van der Waals surface area contributed by atoms with Crippen molar-refractivity contribution in [1.82, 2.24) is 20.6 Å². The van der Waals surface area contributed by atoms with Crippen molar-refractivity contribution in [3.05, 3.63) is 36.5 Å². The number of hydrogen-bond donors (Lipinski definition) is 3. The Hall–Kier alpha value is -2.91. The van der Waals surface area contributed by atoms with Crippen molar-refractivity contribution in [2.24, 2.45) is 0 Å². The number of ether oxygens (including phenoxy) is 2. The first-order chi connectivity index (χ1) is 16.6. The second-order valence-corrected chi connectivity index (χ2v) is 9.61. The average Bonchev–Trinajstić information content (AvgIpc) is 3.43. The van der Waals surface area contributed by atoms with Crippen molar-refractivity contribution in [2.45, 2.75) is 62.4 Å². The summed E-state index contributed by atoms with van der Waals surface area (Å²) in [6, 6.07) is 10.1. The summed E-state index contributed by atoms with van der Waals surface area (Å²) in [5.41, 5.74) is 3.02. The SMILES string of the molecule is CN(C)c1ccc(-c2ccnc(N[C@@H]3CO[C@@H]4[C@@H]3OC[C@@H]4NC(=O)NC3CCCCC3)n2)cc1. The van der Waals surface area contributed by atoms with Crippen LogP contribution < -0.4 is 20.9 Å². The third-order valence-corrected chi connectivity index (χ3v) is 6.96. The standard InChI is InChI=1S/C25H34N6O3/c1-31(2)18-10-8-16(9-11-18)19-12-13-26-24(28-19)29-20-14-33-23-21(15-34-22(20)23)30-25(32)27-17-6-4-3-5-7-17/h8-13,17,20-23H,3-7,14-15H2,1-2H3,(H,26,28,29)(H2,27,30,32)/t20-,21+,22-,23+/m1/s1. The molecule has 182 valence electrons. The van der Waals surface area contributed by atoms with Gasteiger partial charge in [-0.05, 0) is 31.0 Å².